The first-order valence-corrected chi connectivity index (χ1v) is 9.67. The third-order valence-electron chi connectivity index (χ3n) is 4.65. The Bertz CT molecular complexity index is 693. The first-order valence-electron chi connectivity index (χ1n) is 9.67. The van der Waals surface area contributed by atoms with E-state index in [0.29, 0.717) is 11.5 Å². The molecule has 0 amide bonds. The standard InChI is InChI=1S/C13H10F2.C8H16O.CH5N.2CH2O/c1-9-2-4-10(5-3-9)12-7-6-11(14)8-13(12)15;1-8(2,9)7-5-3-4-6-7;3*1-2/h2-8H,1H3;7,9H,3-6H2,1-2H3;2H2,1H3;2*1H2. The van der Waals surface area contributed by atoms with Crippen molar-refractivity contribution in [1.82, 2.24) is 0 Å². The van der Waals surface area contributed by atoms with Crippen molar-refractivity contribution in [3.05, 3.63) is 59.7 Å². The normalized spacial score (nSPS) is 12.5. The van der Waals surface area contributed by atoms with Crippen LogP contribution in [-0.4, -0.2) is 31.3 Å². The highest BCUT2D eigenvalue weighted by atomic mass is 19.1. The Kier molecular flexibility index (Phi) is 16.2. The van der Waals surface area contributed by atoms with Crippen molar-refractivity contribution in [3.8, 4) is 11.1 Å². The maximum absolute atomic E-state index is 13.4. The first-order chi connectivity index (χ1) is 14.3. The summed E-state index contributed by atoms with van der Waals surface area (Å²) in [4.78, 5) is 16.0. The number of rotatable bonds is 2. The zero-order valence-electron chi connectivity index (χ0n) is 18.5. The van der Waals surface area contributed by atoms with E-state index in [1.807, 2.05) is 58.6 Å². The van der Waals surface area contributed by atoms with Gasteiger partial charge in [-0.05, 0) is 64.3 Å². The van der Waals surface area contributed by atoms with Crippen LogP contribution >= 0.6 is 0 Å². The fraction of sp³-hybridized carbons (Fsp3) is 0.417. The molecule has 0 aliphatic heterocycles. The minimum Gasteiger partial charge on any atom is -0.390 e. The van der Waals surface area contributed by atoms with Crippen molar-refractivity contribution in [2.45, 2.75) is 52.1 Å². The Morgan fingerprint density at radius 1 is 0.933 bits per heavy atom. The van der Waals surface area contributed by atoms with Crippen molar-refractivity contribution in [1.29, 1.82) is 0 Å². The van der Waals surface area contributed by atoms with Gasteiger partial charge in [0, 0.05) is 11.6 Å². The second kappa shape index (κ2) is 16.4. The van der Waals surface area contributed by atoms with Crippen molar-refractivity contribution < 1.29 is 23.5 Å². The molecule has 30 heavy (non-hydrogen) atoms. The molecule has 0 unspecified atom stereocenters. The van der Waals surface area contributed by atoms with E-state index < -0.39 is 17.2 Å². The number of halogens is 2. The monoisotopic (exact) mass is 423 g/mol. The van der Waals surface area contributed by atoms with E-state index in [4.69, 9.17) is 9.59 Å². The highest BCUT2D eigenvalue weighted by Gasteiger charge is 2.28. The van der Waals surface area contributed by atoms with Crippen LogP contribution in [0.2, 0.25) is 0 Å². The van der Waals surface area contributed by atoms with E-state index in [1.54, 1.807) is 0 Å². The molecule has 168 valence electrons. The average molecular weight is 424 g/mol. The van der Waals surface area contributed by atoms with Crippen LogP contribution in [0.1, 0.15) is 45.1 Å². The van der Waals surface area contributed by atoms with Crippen LogP contribution < -0.4 is 5.73 Å². The highest BCUT2D eigenvalue weighted by Crippen LogP contribution is 2.33. The van der Waals surface area contributed by atoms with Crippen LogP contribution in [-0.2, 0) is 9.59 Å². The minimum atomic E-state index is -0.552. The van der Waals surface area contributed by atoms with Crippen molar-refractivity contribution >= 4 is 13.6 Å². The summed E-state index contributed by atoms with van der Waals surface area (Å²) in [5, 5.41) is 9.52. The second-order valence-electron chi connectivity index (χ2n) is 7.13. The van der Waals surface area contributed by atoms with Crippen LogP contribution in [0.3, 0.4) is 0 Å². The summed E-state index contributed by atoms with van der Waals surface area (Å²) >= 11 is 0. The predicted molar refractivity (Wildman–Crippen MR) is 119 cm³/mol. The van der Waals surface area contributed by atoms with Gasteiger partial charge in [0.05, 0.1) is 5.60 Å². The second-order valence-corrected chi connectivity index (χ2v) is 7.13. The lowest BCUT2D eigenvalue weighted by molar-refractivity contribution is -0.0987. The molecule has 0 spiro atoms. The summed E-state index contributed by atoms with van der Waals surface area (Å²) in [7, 11) is 1.50. The topological polar surface area (TPSA) is 80.4 Å². The van der Waals surface area contributed by atoms with Gasteiger partial charge in [-0.1, -0.05) is 42.7 Å². The molecule has 0 heterocycles. The van der Waals surface area contributed by atoms with Gasteiger partial charge < -0.3 is 20.4 Å². The van der Waals surface area contributed by atoms with Crippen molar-refractivity contribution in [2.24, 2.45) is 11.7 Å². The van der Waals surface area contributed by atoms with E-state index in [9.17, 15) is 13.9 Å². The summed E-state index contributed by atoms with van der Waals surface area (Å²) < 4.78 is 26.1. The van der Waals surface area contributed by atoms with Gasteiger partial charge >= 0.3 is 0 Å². The zero-order chi connectivity index (χ0) is 23.7. The molecule has 0 bridgehead atoms. The number of carbonyl (C=O) groups excluding carboxylic acids is 2. The van der Waals surface area contributed by atoms with E-state index in [0.717, 1.165) is 17.2 Å². The van der Waals surface area contributed by atoms with Gasteiger partial charge in [-0.15, -0.1) is 0 Å². The van der Waals surface area contributed by atoms with E-state index >= 15 is 0 Å². The van der Waals surface area contributed by atoms with Gasteiger partial charge in [0.2, 0.25) is 0 Å². The van der Waals surface area contributed by atoms with E-state index in [1.165, 1.54) is 44.9 Å². The largest absolute Gasteiger partial charge is 0.390 e. The molecule has 1 aliphatic carbocycles. The number of aryl methyl sites for hydroxylation is 1. The Labute approximate surface area is 179 Å². The fourth-order valence-corrected chi connectivity index (χ4v) is 3.09. The van der Waals surface area contributed by atoms with Gasteiger partial charge in [0.25, 0.3) is 0 Å². The van der Waals surface area contributed by atoms with Crippen LogP contribution in [0.25, 0.3) is 11.1 Å². The highest BCUT2D eigenvalue weighted by molar-refractivity contribution is 5.64. The molecule has 1 saturated carbocycles. The third-order valence-corrected chi connectivity index (χ3v) is 4.65. The Hall–Kier alpha value is -2.44. The molecule has 0 saturated heterocycles. The average Bonchev–Trinajstić information content (AvgIpc) is 3.30. The number of aliphatic hydroxyl groups is 1. The number of hydrogen-bond donors (Lipinski definition) is 2. The Morgan fingerprint density at radius 2 is 1.40 bits per heavy atom. The lowest BCUT2D eigenvalue weighted by atomic mass is 9.90. The van der Waals surface area contributed by atoms with Gasteiger partial charge in [-0.2, -0.15) is 0 Å². The minimum absolute atomic E-state index is 0.420. The molecular formula is C24H35F2NO3. The summed E-state index contributed by atoms with van der Waals surface area (Å²) in [6, 6.07) is 11.1. The Morgan fingerprint density at radius 3 is 1.77 bits per heavy atom. The number of nitrogens with two attached hydrogens (primary N) is 1. The lowest BCUT2D eigenvalue weighted by Crippen LogP contribution is -2.28. The van der Waals surface area contributed by atoms with Gasteiger partial charge in [-0.25, -0.2) is 8.78 Å². The molecule has 4 nitrogen and oxygen atoms in total. The first kappa shape index (κ1) is 29.8. The zero-order valence-corrected chi connectivity index (χ0v) is 18.5. The van der Waals surface area contributed by atoms with Gasteiger partial charge in [-0.3, -0.25) is 0 Å². The summed E-state index contributed by atoms with van der Waals surface area (Å²) in [5.41, 5.74) is 6.38. The maximum Gasteiger partial charge on any atom is 0.133 e. The fourth-order valence-electron chi connectivity index (χ4n) is 3.09. The number of carbonyl (C=O) groups is 2. The summed E-state index contributed by atoms with van der Waals surface area (Å²) in [6.07, 6.45) is 5.08. The maximum atomic E-state index is 13.4. The number of benzene rings is 2. The van der Waals surface area contributed by atoms with E-state index in [-0.39, 0.29) is 0 Å². The van der Waals surface area contributed by atoms with Crippen LogP contribution in [0.15, 0.2) is 42.5 Å². The molecule has 3 rings (SSSR count). The van der Waals surface area contributed by atoms with Crippen LogP contribution in [0.5, 0.6) is 0 Å². The van der Waals surface area contributed by atoms with E-state index in [2.05, 4.69) is 5.73 Å². The smallest absolute Gasteiger partial charge is 0.133 e. The molecule has 2 aromatic carbocycles. The summed E-state index contributed by atoms with van der Waals surface area (Å²) in [6.45, 7) is 9.80. The van der Waals surface area contributed by atoms with Crippen molar-refractivity contribution in [2.75, 3.05) is 7.05 Å². The number of hydrogen-bond acceptors (Lipinski definition) is 4. The van der Waals surface area contributed by atoms with Gasteiger partial charge in [0.1, 0.15) is 25.2 Å². The quantitative estimate of drug-likeness (QED) is 0.705. The molecule has 3 N–H and O–H groups in total. The molecule has 0 aromatic heterocycles. The molecule has 1 fully saturated rings. The summed E-state index contributed by atoms with van der Waals surface area (Å²) in [5.74, 6) is -0.514. The Balaban J connectivity index is 0. The van der Waals surface area contributed by atoms with Gasteiger partial charge in [0.15, 0.2) is 0 Å². The van der Waals surface area contributed by atoms with Crippen LogP contribution in [0.4, 0.5) is 8.78 Å². The SMILES string of the molecule is C=O.C=O.CC(C)(O)C1CCCC1.CN.Cc1ccc(-c2ccc(F)cc2F)cc1. The molecule has 0 atom stereocenters. The third kappa shape index (κ3) is 10.9. The molecule has 6 heteroatoms. The van der Waals surface area contributed by atoms with Crippen LogP contribution in [0, 0.1) is 24.5 Å². The molecular weight excluding hydrogens is 388 g/mol. The molecule has 1 aliphatic rings. The molecule has 2 aromatic rings. The lowest BCUT2D eigenvalue weighted by Gasteiger charge is -2.24. The van der Waals surface area contributed by atoms with Crippen molar-refractivity contribution in [3.63, 3.8) is 0 Å². The molecule has 0 radical (unpaired) electrons. The predicted octanol–water partition coefficient (Wildman–Crippen LogP) is 5.09.